The first-order valence-electron chi connectivity index (χ1n) is 6.44. The molecule has 0 bridgehead atoms. The van der Waals surface area contributed by atoms with Crippen molar-refractivity contribution in [1.29, 1.82) is 0 Å². The number of carbonyl (C=O) groups excluding carboxylic acids is 1. The number of carbonyl (C=O) groups is 1. The summed E-state index contributed by atoms with van der Waals surface area (Å²) >= 11 is 11.6. The fourth-order valence-electron chi connectivity index (χ4n) is 2.33. The normalized spacial score (nSPS) is 20.3. The van der Waals surface area contributed by atoms with Crippen molar-refractivity contribution in [3.05, 3.63) is 28.0 Å². The number of nitrogens with one attached hydrogen (secondary N) is 1. The maximum absolute atomic E-state index is 12.1. The van der Waals surface area contributed by atoms with E-state index in [1.807, 2.05) is 0 Å². The summed E-state index contributed by atoms with van der Waals surface area (Å²) in [6, 6.07) is 3.25. The molecule has 1 unspecified atom stereocenters. The molecule has 1 aliphatic rings. The van der Waals surface area contributed by atoms with Gasteiger partial charge in [-0.1, -0.05) is 30.1 Å². The highest BCUT2D eigenvalue weighted by Crippen LogP contribution is 2.16. The van der Waals surface area contributed by atoms with E-state index in [1.54, 1.807) is 0 Å². The fourth-order valence-corrected chi connectivity index (χ4v) is 2.79. The van der Waals surface area contributed by atoms with Crippen LogP contribution in [-0.2, 0) is 0 Å². The first-order chi connectivity index (χ1) is 9.08. The fraction of sp³-hybridized carbons (Fsp3) is 0.538. The van der Waals surface area contributed by atoms with Crippen LogP contribution in [0.25, 0.3) is 0 Å². The molecule has 1 aromatic heterocycles. The monoisotopic (exact) mass is 301 g/mol. The van der Waals surface area contributed by atoms with Gasteiger partial charge >= 0.3 is 0 Å². The second-order valence-electron chi connectivity index (χ2n) is 4.71. The number of amides is 1. The number of aromatic nitrogens is 1. The molecule has 1 aliphatic heterocycles. The van der Waals surface area contributed by atoms with E-state index >= 15 is 0 Å². The number of hydrogen-bond acceptors (Lipinski definition) is 3. The zero-order valence-corrected chi connectivity index (χ0v) is 12.3. The van der Waals surface area contributed by atoms with Crippen LogP contribution < -0.4 is 5.32 Å². The van der Waals surface area contributed by atoms with E-state index in [9.17, 15) is 4.79 Å². The molecule has 1 fully saturated rings. The lowest BCUT2D eigenvalue weighted by molar-refractivity contribution is 0.0905. The molecular weight excluding hydrogens is 285 g/mol. The van der Waals surface area contributed by atoms with Gasteiger partial charge in [0.25, 0.3) is 5.91 Å². The van der Waals surface area contributed by atoms with Crippen LogP contribution in [-0.4, -0.2) is 41.5 Å². The van der Waals surface area contributed by atoms with Gasteiger partial charge in [0, 0.05) is 18.2 Å². The molecule has 1 aromatic rings. The lowest BCUT2D eigenvalue weighted by Crippen LogP contribution is -2.47. The number of likely N-dealkylation sites (tertiary alicyclic amines) is 1. The Hall–Kier alpha value is -0.840. The molecule has 6 heteroatoms. The average molecular weight is 302 g/mol. The van der Waals surface area contributed by atoms with Crippen molar-refractivity contribution in [2.75, 3.05) is 19.6 Å². The Morgan fingerprint density at radius 2 is 2.16 bits per heavy atom. The SMILES string of the molecule is CCN1CCCC(NC(=O)c2cc(Cl)nc(Cl)c2)C1. The van der Waals surface area contributed by atoms with Gasteiger partial charge in [0.2, 0.25) is 0 Å². The van der Waals surface area contributed by atoms with E-state index in [1.165, 1.54) is 12.1 Å². The van der Waals surface area contributed by atoms with E-state index in [2.05, 4.69) is 22.1 Å². The van der Waals surface area contributed by atoms with Gasteiger partial charge in [0.05, 0.1) is 0 Å². The summed E-state index contributed by atoms with van der Waals surface area (Å²) in [4.78, 5) is 18.3. The minimum absolute atomic E-state index is 0.144. The van der Waals surface area contributed by atoms with Crippen LogP contribution in [0.2, 0.25) is 10.3 Å². The van der Waals surface area contributed by atoms with Crippen molar-refractivity contribution in [2.24, 2.45) is 0 Å². The van der Waals surface area contributed by atoms with Crippen LogP contribution >= 0.6 is 23.2 Å². The van der Waals surface area contributed by atoms with Gasteiger partial charge in [0.1, 0.15) is 10.3 Å². The Morgan fingerprint density at radius 3 is 2.79 bits per heavy atom. The van der Waals surface area contributed by atoms with E-state index in [0.717, 1.165) is 32.5 Å². The number of halogens is 2. The lowest BCUT2D eigenvalue weighted by atomic mass is 10.1. The van der Waals surface area contributed by atoms with Crippen LogP contribution in [0, 0.1) is 0 Å². The molecular formula is C13H17Cl2N3O. The maximum atomic E-state index is 12.1. The number of piperidine rings is 1. The molecule has 1 amide bonds. The number of nitrogens with zero attached hydrogens (tertiary/aromatic N) is 2. The smallest absolute Gasteiger partial charge is 0.251 e. The molecule has 104 valence electrons. The predicted molar refractivity (Wildman–Crippen MR) is 76.9 cm³/mol. The summed E-state index contributed by atoms with van der Waals surface area (Å²) in [5.41, 5.74) is 0.457. The van der Waals surface area contributed by atoms with Gasteiger partial charge in [-0.25, -0.2) is 4.98 Å². The van der Waals surface area contributed by atoms with Gasteiger partial charge in [0.15, 0.2) is 0 Å². The molecule has 1 saturated heterocycles. The Bertz CT molecular complexity index is 447. The third-order valence-corrected chi connectivity index (χ3v) is 3.70. The summed E-state index contributed by atoms with van der Waals surface area (Å²) in [5.74, 6) is -0.144. The van der Waals surface area contributed by atoms with Crippen molar-refractivity contribution < 1.29 is 4.79 Å². The molecule has 0 aromatic carbocycles. The topological polar surface area (TPSA) is 45.2 Å². The zero-order valence-electron chi connectivity index (χ0n) is 10.8. The number of pyridine rings is 1. The third-order valence-electron chi connectivity index (χ3n) is 3.31. The molecule has 0 radical (unpaired) electrons. The molecule has 0 spiro atoms. The van der Waals surface area contributed by atoms with E-state index < -0.39 is 0 Å². The summed E-state index contributed by atoms with van der Waals surface area (Å²) in [7, 11) is 0. The van der Waals surface area contributed by atoms with Crippen molar-refractivity contribution in [3.8, 4) is 0 Å². The maximum Gasteiger partial charge on any atom is 0.251 e. The Morgan fingerprint density at radius 1 is 1.47 bits per heavy atom. The van der Waals surface area contributed by atoms with Gasteiger partial charge < -0.3 is 10.2 Å². The summed E-state index contributed by atoms with van der Waals surface area (Å²) in [6.45, 7) is 5.15. The van der Waals surface area contributed by atoms with Gasteiger partial charge in [-0.15, -0.1) is 0 Å². The molecule has 0 saturated carbocycles. The van der Waals surface area contributed by atoms with E-state index in [4.69, 9.17) is 23.2 Å². The minimum atomic E-state index is -0.144. The average Bonchev–Trinajstić information content (AvgIpc) is 2.37. The van der Waals surface area contributed by atoms with Crippen molar-refractivity contribution in [3.63, 3.8) is 0 Å². The zero-order chi connectivity index (χ0) is 13.8. The molecule has 2 heterocycles. The summed E-state index contributed by atoms with van der Waals surface area (Å²) in [6.07, 6.45) is 2.12. The molecule has 4 nitrogen and oxygen atoms in total. The van der Waals surface area contributed by atoms with Crippen LogP contribution in [0.3, 0.4) is 0 Å². The second kappa shape index (κ2) is 6.55. The van der Waals surface area contributed by atoms with Gasteiger partial charge in [-0.2, -0.15) is 0 Å². The molecule has 0 aliphatic carbocycles. The number of hydrogen-bond donors (Lipinski definition) is 1. The summed E-state index contributed by atoms with van der Waals surface area (Å²) < 4.78 is 0. The molecule has 2 rings (SSSR count). The van der Waals surface area contributed by atoms with Crippen molar-refractivity contribution >= 4 is 29.1 Å². The van der Waals surface area contributed by atoms with Crippen molar-refractivity contribution in [2.45, 2.75) is 25.8 Å². The van der Waals surface area contributed by atoms with Gasteiger partial charge in [-0.3, -0.25) is 4.79 Å². The Labute approximate surface area is 123 Å². The standard InChI is InChI=1S/C13H17Cl2N3O/c1-2-18-5-3-4-10(8-18)16-13(19)9-6-11(14)17-12(15)7-9/h6-7,10H,2-5,8H2,1H3,(H,16,19). The van der Waals surface area contributed by atoms with Crippen molar-refractivity contribution in [1.82, 2.24) is 15.2 Å². The first kappa shape index (κ1) is 14.6. The van der Waals surface area contributed by atoms with E-state index in [0.29, 0.717) is 5.56 Å². The number of likely N-dealkylation sites (N-methyl/N-ethyl adjacent to an activating group) is 1. The lowest BCUT2D eigenvalue weighted by Gasteiger charge is -2.32. The van der Waals surface area contributed by atoms with E-state index in [-0.39, 0.29) is 22.3 Å². The molecule has 1 atom stereocenters. The van der Waals surface area contributed by atoms with Crippen LogP contribution in [0.4, 0.5) is 0 Å². The first-order valence-corrected chi connectivity index (χ1v) is 7.20. The highest BCUT2D eigenvalue weighted by molar-refractivity contribution is 6.33. The Balaban J connectivity index is 2.00. The van der Waals surface area contributed by atoms with Crippen LogP contribution in [0.5, 0.6) is 0 Å². The second-order valence-corrected chi connectivity index (χ2v) is 5.48. The highest BCUT2D eigenvalue weighted by atomic mass is 35.5. The molecule has 19 heavy (non-hydrogen) atoms. The predicted octanol–water partition coefficient (Wildman–Crippen LogP) is 2.60. The highest BCUT2D eigenvalue weighted by Gasteiger charge is 2.21. The molecule has 1 N–H and O–H groups in total. The van der Waals surface area contributed by atoms with Gasteiger partial charge in [-0.05, 0) is 38.1 Å². The summed E-state index contributed by atoms with van der Waals surface area (Å²) in [5, 5.41) is 3.49. The third kappa shape index (κ3) is 4.06. The van der Waals surface area contributed by atoms with Crippen LogP contribution in [0.1, 0.15) is 30.1 Å². The number of rotatable bonds is 3. The largest absolute Gasteiger partial charge is 0.348 e. The minimum Gasteiger partial charge on any atom is -0.348 e. The van der Waals surface area contributed by atoms with Crippen LogP contribution in [0.15, 0.2) is 12.1 Å². The Kier molecular flexibility index (Phi) is 5.02. The quantitative estimate of drug-likeness (QED) is 0.873.